The monoisotopic (exact) mass is 381 g/mol. The minimum Gasteiger partial charge on any atom is -0.373 e. The first-order valence-corrected chi connectivity index (χ1v) is 9.19. The number of rotatable bonds is 3. The summed E-state index contributed by atoms with van der Waals surface area (Å²) < 4.78 is 7.74. The number of fused-ring (bicyclic) bond motifs is 1. The van der Waals surface area contributed by atoms with Crippen LogP contribution in [0.1, 0.15) is 43.9 Å². The van der Waals surface area contributed by atoms with Gasteiger partial charge in [0.25, 0.3) is 5.56 Å². The Morgan fingerprint density at radius 3 is 2.85 bits per heavy atom. The van der Waals surface area contributed by atoms with Crippen LogP contribution in [0.5, 0.6) is 0 Å². The number of aromatic nitrogens is 3. The lowest BCUT2D eigenvalue weighted by Crippen LogP contribution is -2.47. The zero-order chi connectivity index (χ0) is 17.4. The van der Waals surface area contributed by atoms with Crippen molar-refractivity contribution >= 4 is 18.1 Å². The van der Waals surface area contributed by atoms with Crippen molar-refractivity contribution in [1.82, 2.24) is 24.8 Å². The van der Waals surface area contributed by atoms with Crippen molar-refractivity contribution in [2.75, 3.05) is 32.8 Å². The standard InChI is InChI=1S/C18H27N5O2.ClH/c1-18(2)12-22(7-8-25-18)11-14-10-20-23-15(9-16(24)21-17(14)23)13-3-5-19-6-4-13;/h9-10,13,19H,3-8,11-12H2,1-2H3,(H,21,24);1H. The molecule has 2 aromatic heterocycles. The summed E-state index contributed by atoms with van der Waals surface area (Å²) in [5.41, 5.74) is 2.78. The Bertz CT molecular complexity index is 810. The normalized spacial score (nSPS) is 21.6. The molecule has 144 valence electrons. The maximum absolute atomic E-state index is 12.2. The fraction of sp³-hybridized carbons (Fsp3) is 0.667. The molecular formula is C18H28ClN5O2. The first-order valence-electron chi connectivity index (χ1n) is 9.19. The highest BCUT2D eigenvalue weighted by Gasteiger charge is 2.28. The first kappa shape index (κ1) is 19.4. The average Bonchev–Trinajstić information content (AvgIpc) is 2.97. The van der Waals surface area contributed by atoms with E-state index in [9.17, 15) is 4.79 Å². The maximum atomic E-state index is 12.2. The highest BCUT2D eigenvalue weighted by atomic mass is 35.5. The van der Waals surface area contributed by atoms with E-state index in [0.717, 1.165) is 69.1 Å². The summed E-state index contributed by atoms with van der Waals surface area (Å²) in [6.45, 7) is 9.52. The van der Waals surface area contributed by atoms with Gasteiger partial charge >= 0.3 is 0 Å². The Kier molecular flexibility index (Phi) is 5.72. The molecule has 0 spiro atoms. The molecule has 0 atom stereocenters. The summed E-state index contributed by atoms with van der Waals surface area (Å²) in [7, 11) is 0. The molecule has 0 aromatic carbocycles. The van der Waals surface area contributed by atoms with E-state index >= 15 is 0 Å². The van der Waals surface area contributed by atoms with Crippen LogP contribution in [0.3, 0.4) is 0 Å². The van der Waals surface area contributed by atoms with Gasteiger partial charge in [0.2, 0.25) is 0 Å². The van der Waals surface area contributed by atoms with Crippen LogP contribution in [0, 0.1) is 0 Å². The van der Waals surface area contributed by atoms with Crippen LogP contribution in [0.15, 0.2) is 17.1 Å². The molecule has 7 nitrogen and oxygen atoms in total. The lowest BCUT2D eigenvalue weighted by molar-refractivity contribution is -0.0882. The van der Waals surface area contributed by atoms with E-state index in [4.69, 9.17) is 4.74 Å². The number of nitrogens with one attached hydrogen (secondary N) is 2. The van der Waals surface area contributed by atoms with Crippen molar-refractivity contribution in [3.63, 3.8) is 0 Å². The van der Waals surface area contributed by atoms with E-state index in [-0.39, 0.29) is 23.6 Å². The highest BCUT2D eigenvalue weighted by Crippen LogP contribution is 2.25. The topological polar surface area (TPSA) is 74.7 Å². The Morgan fingerprint density at radius 2 is 2.12 bits per heavy atom. The van der Waals surface area contributed by atoms with Gasteiger partial charge in [-0.25, -0.2) is 4.52 Å². The van der Waals surface area contributed by atoms with Crippen molar-refractivity contribution < 1.29 is 4.74 Å². The van der Waals surface area contributed by atoms with Crippen LogP contribution < -0.4 is 10.9 Å². The van der Waals surface area contributed by atoms with Crippen LogP contribution in [0.2, 0.25) is 0 Å². The van der Waals surface area contributed by atoms with Gasteiger partial charge in [0, 0.05) is 37.2 Å². The molecule has 2 aliphatic heterocycles. The number of hydrogen-bond acceptors (Lipinski definition) is 5. The lowest BCUT2D eigenvalue weighted by atomic mass is 9.94. The summed E-state index contributed by atoms with van der Waals surface area (Å²) in [6.07, 6.45) is 4.00. The van der Waals surface area contributed by atoms with Crippen LogP contribution in [-0.4, -0.2) is 57.9 Å². The number of aromatic amines is 1. The number of nitrogens with zero attached hydrogens (tertiary/aromatic N) is 3. The van der Waals surface area contributed by atoms with Crippen molar-refractivity contribution in [2.24, 2.45) is 0 Å². The van der Waals surface area contributed by atoms with Crippen LogP contribution >= 0.6 is 12.4 Å². The number of halogens is 1. The molecule has 8 heteroatoms. The molecule has 0 unspecified atom stereocenters. The molecule has 0 saturated carbocycles. The second kappa shape index (κ2) is 7.68. The van der Waals surface area contributed by atoms with Crippen LogP contribution in [0.4, 0.5) is 0 Å². The molecule has 26 heavy (non-hydrogen) atoms. The second-order valence-electron chi connectivity index (χ2n) is 7.83. The fourth-order valence-electron chi connectivity index (χ4n) is 4.07. The summed E-state index contributed by atoms with van der Waals surface area (Å²) in [4.78, 5) is 17.6. The van der Waals surface area contributed by atoms with Gasteiger partial charge in [-0.1, -0.05) is 0 Å². The van der Waals surface area contributed by atoms with E-state index in [0.29, 0.717) is 5.92 Å². The van der Waals surface area contributed by atoms with E-state index in [1.165, 1.54) is 0 Å². The predicted molar refractivity (Wildman–Crippen MR) is 103 cm³/mol. The van der Waals surface area contributed by atoms with Gasteiger partial charge in [-0.05, 0) is 39.8 Å². The minimum atomic E-state index is -0.130. The smallest absolute Gasteiger partial charge is 0.251 e. The summed E-state index contributed by atoms with van der Waals surface area (Å²) in [5, 5.41) is 7.99. The van der Waals surface area contributed by atoms with Gasteiger partial charge in [-0.3, -0.25) is 9.69 Å². The van der Waals surface area contributed by atoms with Crippen molar-refractivity contribution in [3.05, 3.63) is 33.9 Å². The van der Waals surface area contributed by atoms with Gasteiger partial charge in [0.1, 0.15) is 5.65 Å². The molecule has 2 N–H and O–H groups in total. The number of piperidine rings is 1. The molecular weight excluding hydrogens is 354 g/mol. The summed E-state index contributed by atoms with van der Waals surface area (Å²) in [5.74, 6) is 0.390. The largest absolute Gasteiger partial charge is 0.373 e. The van der Waals surface area contributed by atoms with Crippen LogP contribution in [0.25, 0.3) is 5.65 Å². The maximum Gasteiger partial charge on any atom is 0.251 e. The number of hydrogen-bond donors (Lipinski definition) is 2. The minimum absolute atomic E-state index is 0. The molecule has 0 bridgehead atoms. The molecule has 0 aliphatic carbocycles. The van der Waals surface area contributed by atoms with E-state index in [1.54, 1.807) is 6.07 Å². The molecule has 2 aromatic rings. The molecule has 2 aliphatic rings. The number of ether oxygens (including phenoxy) is 1. The lowest BCUT2D eigenvalue weighted by Gasteiger charge is -2.38. The third-order valence-corrected chi connectivity index (χ3v) is 5.27. The molecule has 4 heterocycles. The Labute approximate surface area is 159 Å². The molecule has 0 amide bonds. The van der Waals surface area contributed by atoms with E-state index in [1.807, 2.05) is 10.7 Å². The third-order valence-electron chi connectivity index (χ3n) is 5.27. The quantitative estimate of drug-likeness (QED) is 0.843. The Hall–Kier alpha value is -1.41. The fourth-order valence-corrected chi connectivity index (χ4v) is 4.07. The molecule has 2 saturated heterocycles. The zero-order valence-corrected chi connectivity index (χ0v) is 16.3. The Balaban J connectivity index is 0.00000196. The van der Waals surface area contributed by atoms with Crippen LogP contribution in [-0.2, 0) is 11.3 Å². The van der Waals surface area contributed by atoms with Crippen molar-refractivity contribution in [3.8, 4) is 0 Å². The Morgan fingerprint density at radius 1 is 1.35 bits per heavy atom. The third kappa shape index (κ3) is 3.96. The van der Waals surface area contributed by atoms with Gasteiger partial charge in [-0.15, -0.1) is 12.4 Å². The van der Waals surface area contributed by atoms with Crippen molar-refractivity contribution in [2.45, 2.75) is 44.8 Å². The number of H-pyrrole nitrogens is 1. The van der Waals surface area contributed by atoms with Gasteiger partial charge in [-0.2, -0.15) is 5.10 Å². The summed E-state index contributed by atoms with van der Waals surface area (Å²) >= 11 is 0. The van der Waals surface area contributed by atoms with Gasteiger partial charge in [0.05, 0.1) is 24.1 Å². The van der Waals surface area contributed by atoms with Crippen molar-refractivity contribution in [1.29, 1.82) is 0 Å². The van der Waals surface area contributed by atoms with E-state index < -0.39 is 0 Å². The first-order chi connectivity index (χ1) is 12.0. The zero-order valence-electron chi connectivity index (χ0n) is 15.5. The molecule has 2 fully saturated rings. The van der Waals surface area contributed by atoms with Gasteiger partial charge in [0.15, 0.2) is 0 Å². The predicted octanol–water partition coefficient (Wildman–Crippen LogP) is 1.52. The second-order valence-corrected chi connectivity index (χ2v) is 7.83. The SMILES string of the molecule is CC1(C)CN(Cc2cnn3c(C4CCNCC4)cc(=O)[nH]c23)CCO1.Cl. The van der Waals surface area contributed by atoms with E-state index in [2.05, 4.69) is 34.1 Å². The molecule has 0 radical (unpaired) electrons. The number of morpholine rings is 1. The van der Waals surface area contributed by atoms with Gasteiger partial charge < -0.3 is 15.0 Å². The average molecular weight is 382 g/mol. The molecule has 4 rings (SSSR count). The highest BCUT2D eigenvalue weighted by molar-refractivity contribution is 5.85. The summed E-state index contributed by atoms with van der Waals surface area (Å²) in [6, 6.07) is 1.72.